The minimum atomic E-state index is -0.291. The van der Waals surface area contributed by atoms with Crippen molar-refractivity contribution in [3.05, 3.63) is 50.3 Å². The molecule has 0 bridgehead atoms. The molecule has 0 atom stereocenters. The number of ether oxygens (including phenoxy) is 2. The fraction of sp³-hybridized carbons (Fsp3) is 0.235. The first kappa shape index (κ1) is 18.2. The van der Waals surface area contributed by atoms with Crippen LogP contribution >= 0.6 is 22.9 Å². The highest BCUT2D eigenvalue weighted by molar-refractivity contribution is 7.17. The van der Waals surface area contributed by atoms with Gasteiger partial charge >= 0.3 is 0 Å². The van der Waals surface area contributed by atoms with Crippen molar-refractivity contribution in [1.82, 2.24) is 14.9 Å². The summed E-state index contributed by atoms with van der Waals surface area (Å²) in [4.78, 5) is 33.3. The van der Waals surface area contributed by atoms with Gasteiger partial charge in [0.25, 0.3) is 11.5 Å². The Balaban J connectivity index is 1.87. The summed E-state index contributed by atoms with van der Waals surface area (Å²) in [5, 5.41) is 2.08. The van der Waals surface area contributed by atoms with Crippen LogP contribution in [-0.2, 0) is 6.54 Å². The number of halogens is 1. The second-order valence-electron chi connectivity index (χ2n) is 5.50. The maximum absolute atomic E-state index is 12.7. The molecular formula is C17H16ClN3O4S. The van der Waals surface area contributed by atoms with E-state index in [1.54, 1.807) is 24.6 Å². The Bertz CT molecular complexity index is 1030. The van der Waals surface area contributed by atoms with E-state index in [9.17, 15) is 9.59 Å². The molecule has 0 unspecified atom stereocenters. The zero-order valence-corrected chi connectivity index (χ0v) is 15.9. The monoisotopic (exact) mass is 393 g/mol. The van der Waals surface area contributed by atoms with Gasteiger partial charge in [0.15, 0.2) is 11.5 Å². The molecule has 7 nitrogen and oxygen atoms in total. The van der Waals surface area contributed by atoms with Gasteiger partial charge in [0.2, 0.25) is 0 Å². The van der Waals surface area contributed by atoms with Gasteiger partial charge in [-0.2, -0.15) is 0 Å². The summed E-state index contributed by atoms with van der Waals surface area (Å²) in [6.07, 6.45) is 0. The van der Waals surface area contributed by atoms with Crippen LogP contribution in [0.1, 0.15) is 16.2 Å². The Kier molecular flexibility index (Phi) is 5.15. The number of benzene rings is 1. The van der Waals surface area contributed by atoms with E-state index < -0.39 is 0 Å². The molecule has 0 aliphatic rings. The summed E-state index contributed by atoms with van der Waals surface area (Å²) < 4.78 is 11.0. The number of rotatable bonds is 5. The second-order valence-corrected chi connectivity index (χ2v) is 6.83. The molecule has 26 heavy (non-hydrogen) atoms. The third kappa shape index (κ3) is 3.38. The maximum Gasteiger partial charge on any atom is 0.268 e. The molecule has 2 aromatic heterocycles. The van der Waals surface area contributed by atoms with Crippen molar-refractivity contribution >= 4 is 39.1 Å². The SMILES string of the molecule is COc1cc(C(=O)N(C)Cc2nc3ccsc3c(=O)[nH]2)cc(Cl)c1OC. The van der Waals surface area contributed by atoms with Crippen molar-refractivity contribution in [2.24, 2.45) is 0 Å². The topological polar surface area (TPSA) is 84.5 Å². The highest BCUT2D eigenvalue weighted by Gasteiger charge is 2.19. The summed E-state index contributed by atoms with van der Waals surface area (Å²) in [5.74, 6) is 0.842. The van der Waals surface area contributed by atoms with E-state index in [1.165, 1.54) is 36.5 Å². The number of nitrogens with zero attached hydrogens (tertiary/aromatic N) is 2. The van der Waals surface area contributed by atoms with Gasteiger partial charge in [0, 0.05) is 12.6 Å². The zero-order valence-electron chi connectivity index (χ0n) is 14.3. The number of hydrogen-bond donors (Lipinski definition) is 1. The molecule has 0 saturated heterocycles. The Labute approximate surface area is 158 Å². The average Bonchev–Trinajstić information content (AvgIpc) is 3.09. The minimum absolute atomic E-state index is 0.145. The van der Waals surface area contributed by atoms with Gasteiger partial charge in [-0.05, 0) is 23.6 Å². The van der Waals surface area contributed by atoms with E-state index in [2.05, 4.69) is 9.97 Å². The van der Waals surface area contributed by atoms with Crippen molar-refractivity contribution in [3.8, 4) is 11.5 Å². The van der Waals surface area contributed by atoms with Crippen LogP contribution in [0.25, 0.3) is 10.2 Å². The lowest BCUT2D eigenvalue weighted by Crippen LogP contribution is -2.28. The predicted octanol–water partition coefficient (Wildman–Crippen LogP) is 2.93. The summed E-state index contributed by atoms with van der Waals surface area (Å²) >= 11 is 7.49. The van der Waals surface area contributed by atoms with Crippen LogP contribution in [0, 0.1) is 0 Å². The van der Waals surface area contributed by atoms with Crippen LogP contribution in [0.15, 0.2) is 28.4 Å². The molecular weight excluding hydrogens is 378 g/mol. The molecule has 3 rings (SSSR count). The maximum atomic E-state index is 12.7. The molecule has 0 saturated carbocycles. The quantitative estimate of drug-likeness (QED) is 0.720. The first-order chi connectivity index (χ1) is 12.4. The van der Waals surface area contributed by atoms with Gasteiger partial charge in [-0.1, -0.05) is 11.6 Å². The average molecular weight is 394 g/mol. The number of fused-ring (bicyclic) bond motifs is 1. The number of thiophene rings is 1. The summed E-state index contributed by atoms with van der Waals surface area (Å²) in [5.41, 5.74) is 0.743. The van der Waals surface area contributed by atoms with Gasteiger partial charge < -0.3 is 19.4 Å². The number of nitrogens with one attached hydrogen (secondary N) is 1. The van der Waals surface area contributed by atoms with Gasteiger partial charge in [0.05, 0.1) is 31.3 Å². The van der Waals surface area contributed by atoms with E-state index in [1.807, 2.05) is 0 Å². The largest absolute Gasteiger partial charge is 0.493 e. The number of aromatic nitrogens is 2. The molecule has 0 spiro atoms. The number of aromatic amines is 1. The van der Waals surface area contributed by atoms with Gasteiger partial charge in [-0.15, -0.1) is 11.3 Å². The molecule has 136 valence electrons. The van der Waals surface area contributed by atoms with Gasteiger partial charge in [0.1, 0.15) is 10.5 Å². The van der Waals surface area contributed by atoms with E-state index in [0.29, 0.717) is 33.1 Å². The number of carbonyl (C=O) groups is 1. The smallest absolute Gasteiger partial charge is 0.268 e. The van der Waals surface area contributed by atoms with Gasteiger partial charge in [-0.3, -0.25) is 9.59 Å². The lowest BCUT2D eigenvalue weighted by Gasteiger charge is -2.18. The number of methoxy groups -OCH3 is 2. The third-order valence-corrected chi connectivity index (χ3v) is 4.96. The highest BCUT2D eigenvalue weighted by Crippen LogP contribution is 2.36. The molecule has 0 aliphatic heterocycles. The van der Waals surface area contributed by atoms with Crippen molar-refractivity contribution in [3.63, 3.8) is 0 Å². The molecule has 1 amide bonds. The minimum Gasteiger partial charge on any atom is -0.493 e. The number of amides is 1. The predicted molar refractivity (Wildman–Crippen MR) is 101 cm³/mol. The van der Waals surface area contributed by atoms with E-state index in [4.69, 9.17) is 21.1 Å². The standard InChI is InChI=1S/C17H16ClN3O4S/c1-21(8-13-19-11-4-5-26-15(11)16(22)20-13)17(23)9-6-10(18)14(25-3)12(7-9)24-2/h4-7H,8H2,1-3H3,(H,19,20,22). The fourth-order valence-corrected chi connectivity index (χ4v) is 3.57. The lowest BCUT2D eigenvalue weighted by molar-refractivity contribution is 0.0781. The van der Waals surface area contributed by atoms with Crippen LogP contribution in [0.4, 0.5) is 0 Å². The molecule has 0 radical (unpaired) electrons. The summed E-state index contributed by atoms with van der Waals surface area (Å²) in [7, 11) is 4.56. The first-order valence-electron chi connectivity index (χ1n) is 7.58. The highest BCUT2D eigenvalue weighted by atomic mass is 35.5. The molecule has 3 aromatic rings. The van der Waals surface area contributed by atoms with Crippen molar-refractivity contribution in [2.45, 2.75) is 6.54 Å². The Morgan fingerprint density at radius 1 is 1.35 bits per heavy atom. The number of hydrogen-bond acceptors (Lipinski definition) is 6. The summed E-state index contributed by atoms with van der Waals surface area (Å²) in [6, 6.07) is 4.84. The normalized spacial score (nSPS) is 10.8. The van der Waals surface area contributed by atoms with Crippen LogP contribution in [0.2, 0.25) is 5.02 Å². The Hall–Kier alpha value is -2.58. The van der Waals surface area contributed by atoms with E-state index >= 15 is 0 Å². The van der Waals surface area contributed by atoms with Crippen LogP contribution in [0.3, 0.4) is 0 Å². The molecule has 0 fully saturated rings. The molecule has 0 aliphatic carbocycles. The summed E-state index contributed by atoms with van der Waals surface area (Å²) in [6.45, 7) is 0.145. The molecule has 2 heterocycles. The van der Waals surface area contributed by atoms with E-state index in [-0.39, 0.29) is 23.0 Å². The fourth-order valence-electron chi connectivity index (χ4n) is 2.55. The van der Waals surface area contributed by atoms with Crippen LogP contribution < -0.4 is 15.0 Å². The van der Waals surface area contributed by atoms with Crippen molar-refractivity contribution in [1.29, 1.82) is 0 Å². The Morgan fingerprint density at radius 3 is 2.81 bits per heavy atom. The second kappa shape index (κ2) is 7.35. The van der Waals surface area contributed by atoms with Crippen LogP contribution in [-0.4, -0.2) is 42.0 Å². The number of carbonyl (C=O) groups excluding carboxylic acids is 1. The number of H-pyrrole nitrogens is 1. The Morgan fingerprint density at radius 2 is 2.12 bits per heavy atom. The van der Waals surface area contributed by atoms with Crippen molar-refractivity contribution in [2.75, 3.05) is 21.3 Å². The lowest BCUT2D eigenvalue weighted by atomic mass is 10.1. The van der Waals surface area contributed by atoms with E-state index in [0.717, 1.165) is 0 Å². The van der Waals surface area contributed by atoms with Crippen LogP contribution in [0.5, 0.6) is 11.5 Å². The van der Waals surface area contributed by atoms with Crippen molar-refractivity contribution < 1.29 is 14.3 Å². The molecule has 9 heteroatoms. The first-order valence-corrected chi connectivity index (χ1v) is 8.83. The molecule has 1 N–H and O–H groups in total. The van der Waals surface area contributed by atoms with Gasteiger partial charge in [-0.25, -0.2) is 4.98 Å². The third-order valence-electron chi connectivity index (χ3n) is 3.78. The molecule has 1 aromatic carbocycles. The zero-order chi connectivity index (χ0) is 18.8.